The van der Waals surface area contributed by atoms with Gasteiger partial charge in [-0.05, 0) is 12.5 Å². The lowest BCUT2D eigenvalue weighted by atomic mass is 10.2. The van der Waals surface area contributed by atoms with Crippen molar-refractivity contribution in [2.45, 2.75) is 45.8 Å². The number of rotatable bonds is 5. The van der Waals surface area contributed by atoms with Gasteiger partial charge in [0, 0.05) is 0 Å². The van der Waals surface area contributed by atoms with Gasteiger partial charge in [-0.1, -0.05) is 39.1 Å². The van der Waals surface area contributed by atoms with Crippen LogP contribution in [0.5, 0.6) is 0 Å². The van der Waals surface area contributed by atoms with E-state index < -0.39 is 8.24 Å². The molecule has 0 aliphatic heterocycles. The molecule has 0 aliphatic rings. The largest absolute Gasteiger partial charge is 0.332 e. The van der Waals surface area contributed by atoms with E-state index in [-0.39, 0.29) is 0 Å². The zero-order chi connectivity index (χ0) is 8.91. The van der Waals surface area contributed by atoms with Gasteiger partial charge in [-0.25, -0.2) is 0 Å². The molecule has 0 bridgehead atoms. The highest BCUT2D eigenvalue weighted by molar-refractivity contribution is 6.79. The third-order valence-electron chi connectivity index (χ3n) is 1.85. The molecule has 1 unspecified atom stereocenters. The normalized spacial score (nSPS) is 14.5. The van der Waals surface area contributed by atoms with E-state index in [9.17, 15) is 0 Å². The van der Waals surface area contributed by atoms with E-state index >= 15 is 0 Å². The fourth-order valence-corrected chi connectivity index (χ4v) is 2.73. The van der Waals surface area contributed by atoms with E-state index in [1.54, 1.807) is 0 Å². The molecule has 0 saturated carbocycles. The van der Waals surface area contributed by atoms with E-state index in [1.165, 1.54) is 12.8 Å². The minimum Gasteiger partial charge on any atom is -0.332 e. The highest BCUT2D eigenvalue weighted by atomic mass is 28.3. The second-order valence-corrected chi connectivity index (χ2v) is 7.90. The molecule has 0 fully saturated rings. The summed E-state index contributed by atoms with van der Waals surface area (Å²) in [7, 11) is -1.26. The van der Waals surface area contributed by atoms with E-state index in [1.807, 2.05) is 0 Å². The Morgan fingerprint density at radius 2 is 2.09 bits per heavy atom. The molecule has 1 nitrogen and oxygen atoms in total. The second-order valence-electron chi connectivity index (χ2n) is 3.76. The van der Waals surface area contributed by atoms with Crippen LogP contribution in [0.1, 0.15) is 26.7 Å². The standard InChI is InChI=1S/C9H21NSi/c1-6-8-9(3)10-11(4,5)7-2/h7,9-10H,2,6,8H2,1,3-5H3. The summed E-state index contributed by atoms with van der Waals surface area (Å²) < 4.78 is 0. The topological polar surface area (TPSA) is 12.0 Å². The lowest BCUT2D eigenvalue weighted by Gasteiger charge is -2.24. The number of hydrogen-bond donors (Lipinski definition) is 1. The molecule has 1 atom stereocenters. The van der Waals surface area contributed by atoms with Crippen molar-refractivity contribution in [3.8, 4) is 0 Å². The average molecular weight is 171 g/mol. The molecular weight excluding hydrogens is 150 g/mol. The first-order chi connectivity index (χ1) is 5.02. The maximum atomic E-state index is 3.84. The van der Waals surface area contributed by atoms with E-state index in [4.69, 9.17) is 0 Å². The first-order valence-corrected chi connectivity index (χ1v) is 7.51. The quantitative estimate of drug-likeness (QED) is 0.627. The molecule has 0 spiro atoms. The maximum Gasteiger partial charge on any atom is 0.143 e. The van der Waals surface area contributed by atoms with Crippen LogP contribution in [0.25, 0.3) is 0 Å². The molecular formula is C9H21NSi. The summed E-state index contributed by atoms with van der Waals surface area (Å²) in [6.07, 6.45) is 2.53. The van der Waals surface area contributed by atoms with Crippen LogP contribution >= 0.6 is 0 Å². The fourth-order valence-electron chi connectivity index (χ4n) is 1.20. The molecule has 0 aromatic rings. The number of hydrogen-bond acceptors (Lipinski definition) is 1. The van der Waals surface area contributed by atoms with Crippen molar-refractivity contribution in [3.63, 3.8) is 0 Å². The van der Waals surface area contributed by atoms with E-state index in [2.05, 4.69) is 44.2 Å². The lowest BCUT2D eigenvalue weighted by molar-refractivity contribution is 0.599. The Labute approximate surface area is 72.0 Å². The summed E-state index contributed by atoms with van der Waals surface area (Å²) in [4.78, 5) is 3.63. The average Bonchev–Trinajstić information content (AvgIpc) is 1.87. The molecule has 0 amide bonds. The van der Waals surface area contributed by atoms with E-state index in [0.29, 0.717) is 6.04 Å². The molecule has 66 valence electrons. The van der Waals surface area contributed by atoms with Crippen LogP contribution in [0.15, 0.2) is 12.3 Å². The molecule has 0 radical (unpaired) electrons. The van der Waals surface area contributed by atoms with Gasteiger partial charge < -0.3 is 4.98 Å². The Bertz CT molecular complexity index is 121. The SMILES string of the molecule is C=C[Si](C)(C)NC(C)CCC. The molecule has 0 heterocycles. The predicted molar refractivity (Wildman–Crippen MR) is 55.2 cm³/mol. The zero-order valence-electron chi connectivity index (χ0n) is 8.28. The van der Waals surface area contributed by atoms with Gasteiger partial charge in [-0.2, -0.15) is 0 Å². The van der Waals surface area contributed by atoms with Crippen LogP contribution in [0, 0.1) is 0 Å². The van der Waals surface area contributed by atoms with Gasteiger partial charge in [0.1, 0.15) is 8.24 Å². The predicted octanol–water partition coefficient (Wildman–Crippen LogP) is 2.69. The van der Waals surface area contributed by atoms with Gasteiger partial charge in [-0.15, -0.1) is 6.58 Å². The summed E-state index contributed by atoms with van der Waals surface area (Å²) in [6, 6.07) is 0.652. The minimum absolute atomic E-state index is 0.652. The van der Waals surface area contributed by atoms with Gasteiger partial charge in [0.05, 0.1) is 0 Å². The molecule has 2 heteroatoms. The maximum absolute atomic E-state index is 3.84. The summed E-state index contributed by atoms with van der Waals surface area (Å²) in [5.74, 6) is 0. The van der Waals surface area contributed by atoms with Crippen LogP contribution in [-0.4, -0.2) is 14.3 Å². The Morgan fingerprint density at radius 1 is 1.55 bits per heavy atom. The monoisotopic (exact) mass is 171 g/mol. The zero-order valence-corrected chi connectivity index (χ0v) is 9.28. The molecule has 11 heavy (non-hydrogen) atoms. The smallest absolute Gasteiger partial charge is 0.143 e. The highest BCUT2D eigenvalue weighted by Crippen LogP contribution is 2.03. The molecule has 0 saturated heterocycles. The highest BCUT2D eigenvalue weighted by Gasteiger charge is 2.17. The lowest BCUT2D eigenvalue weighted by Crippen LogP contribution is -2.47. The molecule has 0 rings (SSSR count). The third kappa shape index (κ3) is 5.22. The van der Waals surface area contributed by atoms with Gasteiger partial charge in [0.15, 0.2) is 0 Å². The number of nitrogens with one attached hydrogen (secondary N) is 1. The van der Waals surface area contributed by atoms with E-state index in [0.717, 1.165) is 0 Å². The van der Waals surface area contributed by atoms with Crippen molar-refractivity contribution in [1.29, 1.82) is 0 Å². The van der Waals surface area contributed by atoms with Crippen LogP contribution in [0.4, 0.5) is 0 Å². The van der Waals surface area contributed by atoms with Crippen molar-refractivity contribution >= 4 is 8.24 Å². The molecule has 0 aromatic carbocycles. The van der Waals surface area contributed by atoms with Crippen molar-refractivity contribution in [2.24, 2.45) is 0 Å². The minimum atomic E-state index is -1.26. The molecule has 0 aliphatic carbocycles. The van der Waals surface area contributed by atoms with Crippen LogP contribution in [0.2, 0.25) is 13.1 Å². The fraction of sp³-hybridized carbons (Fsp3) is 0.778. The van der Waals surface area contributed by atoms with Crippen LogP contribution < -0.4 is 4.98 Å². The van der Waals surface area contributed by atoms with Crippen molar-refractivity contribution in [2.75, 3.05) is 0 Å². The molecule has 1 N–H and O–H groups in total. The third-order valence-corrected chi connectivity index (χ3v) is 4.11. The summed E-state index contributed by atoms with van der Waals surface area (Å²) >= 11 is 0. The Hall–Kier alpha value is -0.0831. The van der Waals surface area contributed by atoms with Crippen molar-refractivity contribution in [3.05, 3.63) is 12.3 Å². The summed E-state index contributed by atoms with van der Waals surface area (Å²) in [5.41, 5.74) is 2.10. The van der Waals surface area contributed by atoms with Gasteiger partial charge >= 0.3 is 0 Å². The Morgan fingerprint density at radius 3 is 2.45 bits per heavy atom. The first kappa shape index (κ1) is 10.9. The summed E-state index contributed by atoms with van der Waals surface area (Å²) in [5, 5.41) is 0. The second kappa shape index (κ2) is 4.73. The van der Waals surface area contributed by atoms with Crippen LogP contribution in [-0.2, 0) is 0 Å². The first-order valence-electron chi connectivity index (χ1n) is 4.43. The Balaban J connectivity index is 3.72. The summed E-state index contributed by atoms with van der Waals surface area (Å²) in [6.45, 7) is 12.9. The van der Waals surface area contributed by atoms with Crippen LogP contribution in [0.3, 0.4) is 0 Å². The molecule has 0 aromatic heterocycles. The van der Waals surface area contributed by atoms with Crippen molar-refractivity contribution < 1.29 is 0 Å². The van der Waals surface area contributed by atoms with Gasteiger partial charge in [0.2, 0.25) is 0 Å². The van der Waals surface area contributed by atoms with Gasteiger partial charge in [-0.3, -0.25) is 0 Å². The van der Waals surface area contributed by atoms with Gasteiger partial charge in [0.25, 0.3) is 0 Å². The Kier molecular flexibility index (Phi) is 4.69. The van der Waals surface area contributed by atoms with Crippen molar-refractivity contribution in [1.82, 2.24) is 4.98 Å².